The highest BCUT2D eigenvalue weighted by Gasteiger charge is 2.30. The molecule has 0 unspecified atom stereocenters. The van der Waals surface area contributed by atoms with Crippen molar-refractivity contribution in [3.63, 3.8) is 0 Å². The van der Waals surface area contributed by atoms with Gasteiger partial charge in [-0.15, -0.1) is 0 Å². The van der Waals surface area contributed by atoms with Gasteiger partial charge in [-0.2, -0.15) is 23.4 Å². The summed E-state index contributed by atoms with van der Waals surface area (Å²) in [6, 6.07) is 11.7. The number of alkyl halides is 3. The summed E-state index contributed by atoms with van der Waals surface area (Å²) in [5.74, 6) is -0.681. The molecule has 2 heterocycles. The van der Waals surface area contributed by atoms with Crippen LogP contribution in [-0.2, 0) is 17.5 Å². The van der Waals surface area contributed by atoms with E-state index in [1.54, 1.807) is 13.1 Å². The molecule has 0 saturated heterocycles. The number of halogens is 3. The van der Waals surface area contributed by atoms with E-state index >= 15 is 0 Å². The molecule has 0 bridgehead atoms. The van der Waals surface area contributed by atoms with Crippen molar-refractivity contribution in [1.82, 2.24) is 19.6 Å². The maximum Gasteiger partial charge on any atom is 0.416 e. The van der Waals surface area contributed by atoms with E-state index in [2.05, 4.69) is 15.5 Å². The number of carbonyl (C=O) groups is 1. The Morgan fingerprint density at radius 3 is 2.56 bits per heavy atom. The summed E-state index contributed by atoms with van der Waals surface area (Å²) < 4.78 is 41.2. The first kappa shape index (κ1) is 21.3. The average Bonchev–Trinajstić information content (AvgIpc) is 3.17. The topological polar surface area (TPSA) is 81.8 Å². The smallest absolute Gasteiger partial charge is 0.324 e. The largest absolute Gasteiger partial charge is 0.416 e. The minimum atomic E-state index is -4.53. The summed E-state index contributed by atoms with van der Waals surface area (Å²) in [6.45, 7) is 3.11. The van der Waals surface area contributed by atoms with Gasteiger partial charge in [0.05, 0.1) is 23.1 Å². The molecule has 0 aliphatic rings. The third-order valence-corrected chi connectivity index (χ3v) is 4.98. The first-order chi connectivity index (χ1) is 15.1. The van der Waals surface area contributed by atoms with E-state index in [9.17, 15) is 22.8 Å². The molecular formula is C22H18F3N5O2. The molecular weight excluding hydrogens is 423 g/mol. The maximum absolute atomic E-state index is 13.1. The van der Waals surface area contributed by atoms with Gasteiger partial charge < -0.3 is 5.32 Å². The van der Waals surface area contributed by atoms with Crippen LogP contribution in [-0.4, -0.2) is 25.5 Å². The monoisotopic (exact) mass is 441 g/mol. The molecule has 32 heavy (non-hydrogen) atoms. The Morgan fingerprint density at radius 1 is 1.09 bits per heavy atom. The van der Waals surface area contributed by atoms with Crippen molar-refractivity contribution in [2.75, 3.05) is 5.32 Å². The second-order valence-electron chi connectivity index (χ2n) is 7.28. The second kappa shape index (κ2) is 7.95. The number of aromatic nitrogens is 4. The minimum absolute atomic E-state index is 0.0272. The molecule has 0 saturated carbocycles. The summed E-state index contributed by atoms with van der Waals surface area (Å²) in [6.07, 6.45) is -2.99. The highest BCUT2D eigenvalue weighted by Crippen LogP contribution is 2.30. The minimum Gasteiger partial charge on any atom is -0.324 e. The Morgan fingerprint density at radius 2 is 1.84 bits per heavy atom. The lowest BCUT2D eigenvalue weighted by Gasteiger charge is -2.11. The molecule has 0 aliphatic heterocycles. The number of anilines is 1. The van der Waals surface area contributed by atoms with E-state index in [0.29, 0.717) is 16.8 Å². The van der Waals surface area contributed by atoms with Gasteiger partial charge in [-0.25, -0.2) is 9.36 Å². The van der Waals surface area contributed by atoms with Gasteiger partial charge in [-0.3, -0.25) is 9.59 Å². The summed E-state index contributed by atoms with van der Waals surface area (Å²) in [5, 5.41) is 11.4. The van der Waals surface area contributed by atoms with Crippen molar-refractivity contribution in [3.8, 4) is 5.69 Å². The van der Waals surface area contributed by atoms with Gasteiger partial charge in [0.1, 0.15) is 12.1 Å². The zero-order valence-corrected chi connectivity index (χ0v) is 17.1. The highest BCUT2D eigenvalue weighted by atomic mass is 19.4. The van der Waals surface area contributed by atoms with Gasteiger partial charge in [-0.1, -0.05) is 24.3 Å². The van der Waals surface area contributed by atoms with Gasteiger partial charge in [0.2, 0.25) is 5.91 Å². The van der Waals surface area contributed by atoms with Gasteiger partial charge in [0.15, 0.2) is 0 Å². The van der Waals surface area contributed by atoms with E-state index in [1.165, 1.54) is 16.8 Å². The zero-order valence-electron chi connectivity index (χ0n) is 17.1. The first-order valence-electron chi connectivity index (χ1n) is 9.63. The van der Waals surface area contributed by atoms with Crippen LogP contribution in [0.1, 0.15) is 16.8 Å². The quantitative estimate of drug-likeness (QED) is 0.522. The number of nitrogens with zero attached hydrogens (tertiary/aromatic N) is 4. The maximum atomic E-state index is 13.1. The van der Waals surface area contributed by atoms with Gasteiger partial charge in [0, 0.05) is 11.1 Å². The summed E-state index contributed by atoms with van der Waals surface area (Å²) in [5.41, 5.74) is 0.923. The number of para-hydroxylation sites is 1. The highest BCUT2D eigenvalue weighted by molar-refractivity contribution is 5.91. The van der Waals surface area contributed by atoms with E-state index in [1.807, 2.05) is 31.2 Å². The lowest BCUT2D eigenvalue weighted by molar-refractivity contribution is -0.137. The van der Waals surface area contributed by atoms with Crippen molar-refractivity contribution < 1.29 is 18.0 Å². The van der Waals surface area contributed by atoms with Crippen LogP contribution in [0.25, 0.3) is 16.6 Å². The van der Waals surface area contributed by atoms with Crippen LogP contribution < -0.4 is 10.9 Å². The number of amides is 1. The SMILES string of the molecule is Cc1ccccc1-n1ncc2c(C)nn(CC(=O)Nc3cccc(C(F)(F)F)c3)c(=O)c21. The number of benzene rings is 2. The Bertz CT molecular complexity index is 1390. The number of carbonyl (C=O) groups excluding carboxylic acids is 1. The van der Waals surface area contributed by atoms with E-state index in [-0.39, 0.29) is 11.2 Å². The molecule has 0 radical (unpaired) electrons. The second-order valence-corrected chi connectivity index (χ2v) is 7.28. The van der Waals surface area contributed by atoms with Crippen molar-refractivity contribution in [3.05, 3.63) is 81.9 Å². The fraction of sp³-hybridized carbons (Fsp3) is 0.182. The van der Waals surface area contributed by atoms with Crippen LogP contribution in [0.3, 0.4) is 0 Å². The molecule has 1 amide bonds. The zero-order chi connectivity index (χ0) is 23.0. The Labute approximate surface area is 180 Å². The molecule has 0 spiro atoms. The molecule has 0 aliphatic carbocycles. The Kier molecular flexibility index (Phi) is 5.29. The molecule has 0 atom stereocenters. The van der Waals surface area contributed by atoms with Crippen LogP contribution in [0.2, 0.25) is 0 Å². The van der Waals surface area contributed by atoms with Crippen LogP contribution in [0.5, 0.6) is 0 Å². The molecule has 10 heteroatoms. The number of fused-ring (bicyclic) bond motifs is 1. The number of nitrogens with one attached hydrogen (secondary N) is 1. The molecule has 7 nitrogen and oxygen atoms in total. The molecule has 164 valence electrons. The standard InChI is InChI=1S/C22H18F3N5O2/c1-13-6-3-4-9-18(13)30-20-17(11-26-30)14(2)28-29(21(20)32)12-19(31)27-16-8-5-7-15(10-16)22(23,24)25/h3-11H,12H2,1-2H3,(H,27,31). The Hall–Kier alpha value is -3.95. The van der Waals surface area contributed by atoms with Crippen molar-refractivity contribution in [2.45, 2.75) is 26.6 Å². The predicted octanol–water partition coefficient (Wildman–Crippen LogP) is 3.86. The molecule has 0 fully saturated rings. The molecule has 2 aromatic carbocycles. The number of rotatable bonds is 4. The van der Waals surface area contributed by atoms with Gasteiger partial charge in [0.25, 0.3) is 5.56 Å². The third kappa shape index (κ3) is 3.98. The fourth-order valence-corrected chi connectivity index (χ4v) is 3.42. The molecule has 2 aromatic heterocycles. The van der Waals surface area contributed by atoms with E-state index in [0.717, 1.165) is 22.4 Å². The lowest BCUT2D eigenvalue weighted by atomic mass is 10.2. The van der Waals surface area contributed by atoms with Crippen molar-refractivity contribution in [2.24, 2.45) is 0 Å². The van der Waals surface area contributed by atoms with Gasteiger partial charge >= 0.3 is 6.18 Å². The first-order valence-corrected chi connectivity index (χ1v) is 9.63. The normalized spacial score (nSPS) is 11.7. The average molecular weight is 441 g/mol. The van der Waals surface area contributed by atoms with Crippen LogP contribution in [0.4, 0.5) is 18.9 Å². The Balaban J connectivity index is 1.68. The van der Waals surface area contributed by atoms with Crippen molar-refractivity contribution in [1.29, 1.82) is 0 Å². The molecule has 4 rings (SSSR count). The third-order valence-electron chi connectivity index (χ3n) is 4.98. The number of hydrogen-bond acceptors (Lipinski definition) is 4. The van der Waals surface area contributed by atoms with E-state index in [4.69, 9.17) is 0 Å². The van der Waals surface area contributed by atoms with Gasteiger partial charge in [-0.05, 0) is 43.7 Å². The summed E-state index contributed by atoms with van der Waals surface area (Å²) in [7, 11) is 0. The van der Waals surface area contributed by atoms with Crippen LogP contribution >= 0.6 is 0 Å². The molecule has 4 aromatic rings. The van der Waals surface area contributed by atoms with Crippen LogP contribution in [0.15, 0.2) is 59.5 Å². The lowest BCUT2D eigenvalue weighted by Crippen LogP contribution is -2.31. The molecule has 1 N–H and O–H groups in total. The fourth-order valence-electron chi connectivity index (χ4n) is 3.42. The number of hydrogen-bond donors (Lipinski definition) is 1. The predicted molar refractivity (Wildman–Crippen MR) is 113 cm³/mol. The number of aryl methyl sites for hydroxylation is 2. The summed E-state index contributed by atoms with van der Waals surface area (Å²) >= 11 is 0. The van der Waals surface area contributed by atoms with Crippen molar-refractivity contribution >= 4 is 22.5 Å². The summed E-state index contributed by atoms with van der Waals surface area (Å²) in [4.78, 5) is 25.6. The van der Waals surface area contributed by atoms with E-state index < -0.39 is 29.8 Å². The van der Waals surface area contributed by atoms with Crippen LogP contribution in [0, 0.1) is 13.8 Å².